The summed E-state index contributed by atoms with van der Waals surface area (Å²) < 4.78 is 18.2. The van der Waals surface area contributed by atoms with E-state index in [4.69, 9.17) is 15.7 Å². The van der Waals surface area contributed by atoms with Gasteiger partial charge in [-0.3, -0.25) is 0 Å². The van der Waals surface area contributed by atoms with Gasteiger partial charge in [0.1, 0.15) is 17.6 Å². The number of hydrogen-bond acceptors (Lipinski definition) is 3. The maximum atomic E-state index is 13.3. The van der Waals surface area contributed by atoms with E-state index in [-0.39, 0.29) is 12.6 Å². The molecule has 0 bridgehead atoms. The van der Waals surface area contributed by atoms with E-state index in [2.05, 4.69) is 0 Å². The van der Waals surface area contributed by atoms with Gasteiger partial charge in [-0.2, -0.15) is 5.26 Å². The Balaban J connectivity index is 2.85. The average molecular weight is 194 g/mol. The van der Waals surface area contributed by atoms with Crippen LogP contribution in [0.25, 0.3) is 0 Å². The van der Waals surface area contributed by atoms with Gasteiger partial charge in [0.15, 0.2) is 6.61 Å². The predicted molar refractivity (Wildman–Crippen MR) is 50.1 cm³/mol. The molecule has 2 N–H and O–H groups in total. The first kappa shape index (κ1) is 10.5. The summed E-state index contributed by atoms with van der Waals surface area (Å²) in [5.74, 6) is -0.0658. The number of ether oxygens (including phenoxy) is 1. The summed E-state index contributed by atoms with van der Waals surface area (Å²) in [4.78, 5) is 0. The molecular formula is C10H11FN2O. The second-order valence-corrected chi connectivity index (χ2v) is 2.92. The Labute approximate surface area is 81.9 Å². The first-order chi connectivity index (χ1) is 6.65. The lowest BCUT2D eigenvalue weighted by Crippen LogP contribution is -2.07. The summed E-state index contributed by atoms with van der Waals surface area (Å²) in [6.45, 7) is 1.62. The second-order valence-electron chi connectivity index (χ2n) is 2.92. The van der Waals surface area contributed by atoms with E-state index in [1.165, 1.54) is 6.07 Å². The molecule has 0 aliphatic heterocycles. The molecule has 0 fully saturated rings. The van der Waals surface area contributed by atoms with Gasteiger partial charge in [-0.25, -0.2) is 4.39 Å². The third kappa shape index (κ3) is 2.44. The summed E-state index contributed by atoms with van der Waals surface area (Å²) in [6, 6.07) is 5.85. The molecule has 4 heteroatoms. The SMILES string of the molecule is CC(N)c1ccc(OCC#N)cc1F. The Bertz CT molecular complexity index is 358. The fraction of sp³-hybridized carbons (Fsp3) is 0.300. The normalized spacial score (nSPS) is 11.9. The highest BCUT2D eigenvalue weighted by Crippen LogP contribution is 2.20. The van der Waals surface area contributed by atoms with Gasteiger partial charge in [0, 0.05) is 17.7 Å². The van der Waals surface area contributed by atoms with Crippen molar-refractivity contribution in [1.82, 2.24) is 0 Å². The highest BCUT2D eigenvalue weighted by Gasteiger charge is 2.07. The third-order valence-corrected chi connectivity index (χ3v) is 1.77. The molecule has 14 heavy (non-hydrogen) atoms. The van der Waals surface area contributed by atoms with Crippen LogP contribution < -0.4 is 10.5 Å². The minimum absolute atomic E-state index is 0.0863. The highest BCUT2D eigenvalue weighted by molar-refractivity contribution is 5.30. The van der Waals surface area contributed by atoms with E-state index < -0.39 is 5.82 Å². The van der Waals surface area contributed by atoms with Crippen molar-refractivity contribution in [3.8, 4) is 11.8 Å². The van der Waals surface area contributed by atoms with Crippen LogP contribution in [0.5, 0.6) is 5.75 Å². The van der Waals surface area contributed by atoms with Gasteiger partial charge in [-0.15, -0.1) is 0 Å². The lowest BCUT2D eigenvalue weighted by Gasteiger charge is -2.08. The van der Waals surface area contributed by atoms with E-state index in [0.717, 1.165) is 0 Å². The van der Waals surface area contributed by atoms with Crippen molar-refractivity contribution in [1.29, 1.82) is 5.26 Å². The smallest absolute Gasteiger partial charge is 0.174 e. The summed E-state index contributed by atoms with van der Waals surface area (Å²) in [5.41, 5.74) is 5.97. The molecule has 0 amide bonds. The van der Waals surface area contributed by atoms with Crippen LogP contribution in [0.15, 0.2) is 18.2 Å². The number of nitriles is 1. The zero-order valence-electron chi connectivity index (χ0n) is 7.83. The Kier molecular flexibility index (Phi) is 3.43. The van der Waals surface area contributed by atoms with E-state index in [1.807, 2.05) is 0 Å². The van der Waals surface area contributed by atoms with Crippen LogP contribution in [-0.2, 0) is 0 Å². The second kappa shape index (κ2) is 4.58. The van der Waals surface area contributed by atoms with Crippen LogP contribution in [-0.4, -0.2) is 6.61 Å². The lowest BCUT2D eigenvalue weighted by molar-refractivity contribution is 0.365. The molecule has 0 saturated heterocycles. The van der Waals surface area contributed by atoms with Crippen molar-refractivity contribution in [2.45, 2.75) is 13.0 Å². The van der Waals surface area contributed by atoms with Crippen molar-refractivity contribution in [3.05, 3.63) is 29.6 Å². The maximum Gasteiger partial charge on any atom is 0.174 e. The third-order valence-electron chi connectivity index (χ3n) is 1.77. The molecule has 1 aromatic carbocycles. The van der Waals surface area contributed by atoms with E-state index in [9.17, 15) is 4.39 Å². The van der Waals surface area contributed by atoms with Crippen LogP contribution in [0.3, 0.4) is 0 Å². The number of nitrogens with two attached hydrogens (primary N) is 1. The highest BCUT2D eigenvalue weighted by atomic mass is 19.1. The van der Waals surface area contributed by atoms with Crippen LogP contribution in [0.2, 0.25) is 0 Å². The van der Waals surface area contributed by atoms with Crippen molar-refractivity contribution in [2.24, 2.45) is 5.73 Å². The van der Waals surface area contributed by atoms with Crippen LogP contribution in [0.4, 0.5) is 4.39 Å². The molecule has 0 saturated carbocycles. The van der Waals surface area contributed by atoms with Crippen molar-refractivity contribution < 1.29 is 9.13 Å². The Morgan fingerprint density at radius 2 is 2.36 bits per heavy atom. The summed E-state index contributed by atoms with van der Waals surface area (Å²) >= 11 is 0. The molecule has 3 nitrogen and oxygen atoms in total. The van der Waals surface area contributed by atoms with Gasteiger partial charge in [-0.1, -0.05) is 6.07 Å². The van der Waals surface area contributed by atoms with Crippen molar-refractivity contribution in [3.63, 3.8) is 0 Å². The van der Waals surface area contributed by atoms with Crippen LogP contribution in [0, 0.1) is 17.1 Å². The summed E-state index contributed by atoms with van der Waals surface area (Å²) in [5, 5.41) is 8.25. The molecule has 0 aliphatic rings. The minimum atomic E-state index is -0.407. The molecule has 1 unspecified atom stereocenters. The predicted octanol–water partition coefficient (Wildman–Crippen LogP) is 1.75. The van der Waals surface area contributed by atoms with E-state index in [0.29, 0.717) is 11.3 Å². The largest absolute Gasteiger partial charge is 0.479 e. The monoisotopic (exact) mass is 194 g/mol. The van der Waals surface area contributed by atoms with Gasteiger partial charge in [-0.05, 0) is 13.0 Å². The van der Waals surface area contributed by atoms with Crippen molar-refractivity contribution in [2.75, 3.05) is 6.61 Å². The summed E-state index contributed by atoms with van der Waals surface area (Å²) in [6.07, 6.45) is 0. The Morgan fingerprint density at radius 1 is 1.64 bits per heavy atom. The fourth-order valence-electron chi connectivity index (χ4n) is 1.08. The number of benzene rings is 1. The molecule has 0 heterocycles. The fourth-order valence-corrected chi connectivity index (χ4v) is 1.08. The number of rotatable bonds is 3. The van der Waals surface area contributed by atoms with Gasteiger partial charge >= 0.3 is 0 Å². The van der Waals surface area contributed by atoms with E-state index in [1.54, 1.807) is 25.1 Å². The Morgan fingerprint density at radius 3 is 2.86 bits per heavy atom. The van der Waals surface area contributed by atoms with Gasteiger partial charge < -0.3 is 10.5 Å². The molecule has 0 spiro atoms. The Hall–Kier alpha value is -1.60. The molecule has 1 aromatic rings. The number of halogens is 1. The zero-order valence-corrected chi connectivity index (χ0v) is 7.83. The van der Waals surface area contributed by atoms with Gasteiger partial charge in [0.25, 0.3) is 0 Å². The topological polar surface area (TPSA) is 59.0 Å². The molecule has 0 aromatic heterocycles. The van der Waals surface area contributed by atoms with Crippen LogP contribution in [0.1, 0.15) is 18.5 Å². The lowest BCUT2D eigenvalue weighted by atomic mass is 10.1. The van der Waals surface area contributed by atoms with Crippen LogP contribution >= 0.6 is 0 Å². The first-order valence-corrected chi connectivity index (χ1v) is 4.20. The first-order valence-electron chi connectivity index (χ1n) is 4.20. The molecule has 0 radical (unpaired) electrons. The quantitative estimate of drug-likeness (QED) is 0.797. The molecule has 1 atom stereocenters. The minimum Gasteiger partial charge on any atom is -0.479 e. The zero-order chi connectivity index (χ0) is 10.6. The van der Waals surface area contributed by atoms with Crippen molar-refractivity contribution >= 4 is 0 Å². The van der Waals surface area contributed by atoms with E-state index >= 15 is 0 Å². The standard InChI is InChI=1S/C10H11FN2O/c1-7(13)9-3-2-8(6-10(9)11)14-5-4-12/h2-3,6-7H,5,13H2,1H3. The maximum absolute atomic E-state index is 13.3. The number of hydrogen-bond donors (Lipinski definition) is 1. The van der Waals surface area contributed by atoms with Gasteiger partial charge in [0.2, 0.25) is 0 Å². The molecular weight excluding hydrogens is 183 g/mol. The molecule has 0 aliphatic carbocycles. The van der Waals surface area contributed by atoms with Gasteiger partial charge in [0.05, 0.1) is 0 Å². The summed E-state index contributed by atoms with van der Waals surface area (Å²) in [7, 11) is 0. The number of nitrogens with zero attached hydrogens (tertiary/aromatic N) is 1. The molecule has 1 rings (SSSR count). The average Bonchev–Trinajstić information content (AvgIpc) is 2.14. The molecule has 74 valence electrons.